The molecule has 0 radical (unpaired) electrons. The molecule has 66 heavy (non-hydrogen) atoms. The summed E-state index contributed by atoms with van der Waals surface area (Å²) in [5.41, 5.74) is 9.66. The molecule has 0 saturated carbocycles. The van der Waals surface area contributed by atoms with E-state index in [4.69, 9.17) is 0 Å². The Morgan fingerprint density at radius 2 is 0.894 bits per heavy atom. The molecule has 14 aromatic rings. The van der Waals surface area contributed by atoms with Gasteiger partial charge in [-0.2, -0.15) is 5.26 Å². The Morgan fingerprint density at radius 1 is 0.409 bits per heavy atom. The minimum Gasteiger partial charge on any atom is -0.316 e. The third-order valence-electron chi connectivity index (χ3n) is 13.6. The van der Waals surface area contributed by atoms with Gasteiger partial charge in [0.1, 0.15) is 6.07 Å². The molecule has 0 N–H and O–H groups in total. The SMILES string of the molecule is [C-]#[N+]c1c(-c2ccccc2)c(C#N)c(-n2c3ccccc3c3ccc4ccccc4c32)c(-c2ccccc2)c1-n1c2c(ccc3c4ccccc4sc32)c2ccc3c4ccccc4sc3c21. The topological polar surface area (TPSA) is 38.0 Å². The lowest BCUT2D eigenvalue weighted by atomic mass is 9.88. The maximum absolute atomic E-state index is 11.9. The summed E-state index contributed by atoms with van der Waals surface area (Å²) in [6.45, 7) is 9.44. The molecule has 6 heteroatoms. The molecule has 0 aliphatic heterocycles. The van der Waals surface area contributed by atoms with Gasteiger partial charge >= 0.3 is 0 Å². The average Bonchev–Trinajstić information content (AvgIpc) is 4.14. The summed E-state index contributed by atoms with van der Waals surface area (Å²) in [6, 6.07) is 71.3. The van der Waals surface area contributed by atoms with Crippen molar-refractivity contribution in [3.8, 4) is 39.7 Å². The van der Waals surface area contributed by atoms with Gasteiger partial charge in [0.2, 0.25) is 5.69 Å². The second kappa shape index (κ2) is 14.0. The molecule has 0 saturated heterocycles. The molecule has 4 nitrogen and oxygen atoms in total. The van der Waals surface area contributed by atoms with Crippen molar-refractivity contribution in [2.75, 3.05) is 0 Å². The highest BCUT2D eigenvalue weighted by molar-refractivity contribution is 7.27. The van der Waals surface area contributed by atoms with Crippen LogP contribution in [0.4, 0.5) is 5.69 Å². The van der Waals surface area contributed by atoms with Gasteiger partial charge < -0.3 is 9.13 Å². The van der Waals surface area contributed by atoms with Crippen LogP contribution in [0.1, 0.15) is 5.56 Å². The van der Waals surface area contributed by atoms with E-state index in [1.54, 1.807) is 22.7 Å². The van der Waals surface area contributed by atoms with Crippen LogP contribution in [0.3, 0.4) is 0 Å². The van der Waals surface area contributed by atoms with Crippen LogP contribution in [0.15, 0.2) is 194 Å². The summed E-state index contributed by atoms with van der Waals surface area (Å²) in [5.74, 6) is 0. The Labute approximate surface area is 386 Å². The van der Waals surface area contributed by atoms with E-state index in [0.717, 1.165) is 91.8 Å². The number of nitriles is 1. The average molecular weight is 873 g/mol. The lowest BCUT2D eigenvalue weighted by molar-refractivity contribution is 1.14. The molecule has 4 heterocycles. The monoisotopic (exact) mass is 872 g/mol. The summed E-state index contributed by atoms with van der Waals surface area (Å²) in [5, 5.41) is 23.3. The number of nitrogens with zero attached hydrogens (tertiary/aromatic N) is 4. The fraction of sp³-hybridized carbons (Fsp3) is 0. The highest BCUT2D eigenvalue weighted by atomic mass is 32.1. The van der Waals surface area contributed by atoms with E-state index in [-0.39, 0.29) is 0 Å². The Balaban J connectivity index is 1.33. The Kier molecular flexibility index (Phi) is 7.82. The largest absolute Gasteiger partial charge is 0.316 e. The highest BCUT2D eigenvalue weighted by Crippen LogP contribution is 2.55. The normalized spacial score (nSPS) is 11.9. The van der Waals surface area contributed by atoms with Crippen molar-refractivity contribution in [3.63, 3.8) is 0 Å². The van der Waals surface area contributed by atoms with Gasteiger partial charge in [-0.15, -0.1) is 22.7 Å². The second-order valence-corrected chi connectivity index (χ2v) is 19.0. The Bertz CT molecular complexity index is 4350. The molecule has 0 atom stereocenters. The maximum atomic E-state index is 11.9. The van der Waals surface area contributed by atoms with E-state index < -0.39 is 0 Å². The minimum absolute atomic E-state index is 0.431. The number of rotatable bonds is 4. The Hall–Kier alpha value is -8.52. The van der Waals surface area contributed by atoms with E-state index >= 15 is 0 Å². The first-order chi connectivity index (χ1) is 32.7. The van der Waals surface area contributed by atoms with E-state index in [2.05, 4.69) is 178 Å². The van der Waals surface area contributed by atoms with Gasteiger partial charge in [-0.25, -0.2) is 4.85 Å². The molecule has 4 aromatic heterocycles. The molecule has 0 spiro atoms. The lowest BCUT2D eigenvalue weighted by Crippen LogP contribution is -2.09. The number of para-hydroxylation sites is 1. The minimum atomic E-state index is 0.431. The Morgan fingerprint density at radius 3 is 1.50 bits per heavy atom. The second-order valence-electron chi connectivity index (χ2n) is 16.9. The first-order valence-corrected chi connectivity index (χ1v) is 23.6. The number of hydrogen-bond acceptors (Lipinski definition) is 3. The van der Waals surface area contributed by atoms with Crippen LogP contribution in [0.2, 0.25) is 0 Å². The lowest BCUT2D eigenvalue weighted by Gasteiger charge is -2.26. The van der Waals surface area contributed by atoms with Gasteiger partial charge in [0, 0.05) is 69.0 Å². The van der Waals surface area contributed by atoms with Crippen molar-refractivity contribution in [2.24, 2.45) is 0 Å². The van der Waals surface area contributed by atoms with Gasteiger partial charge in [-0.3, -0.25) is 0 Å². The summed E-state index contributed by atoms with van der Waals surface area (Å²) in [4.78, 5) is 4.63. The molecule has 0 fully saturated rings. The van der Waals surface area contributed by atoms with Gasteiger partial charge in [0.25, 0.3) is 0 Å². The molecule has 304 valence electrons. The molecular formula is C60H32N4S2. The summed E-state index contributed by atoms with van der Waals surface area (Å²) in [6.07, 6.45) is 0. The quantitative estimate of drug-likeness (QED) is 0.162. The van der Waals surface area contributed by atoms with Crippen LogP contribution in [-0.2, 0) is 0 Å². The van der Waals surface area contributed by atoms with E-state index in [9.17, 15) is 11.8 Å². The molecule has 10 aromatic carbocycles. The molecule has 0 aliphatic carbocycles. The smallest absolute Gasteiger partial charge is 0.220 e. The van der Waals surface area contributed by atoms with Crippen molar-refractivity contribution in [2.45, 2.75) is 0 Å². The van der Waals surface area contributed by atoms with Gasteiger partial charge in [-0.1, -0.05) is 176 Å². The summed E-state index contributed by atoms with van der Waals surface area (Å²) < 4.78 is 9.52. The number of thiophene rings is 2. The van der Waals surface area contributed by atoms with Crippen LogP contribution < -0.4 is 0 Å². The van der Waals surface area contributed by atoms with Gasteiger partial charge in [0.05, 0.1) is 55.0 Å². The zero-order valence-corrected chi connectivity index (χ0v) is 36.7. The van der Waals surface area contributed by atoms with E-state index in [1.807, 2.05) is 36.4 Å². The molecule has 0 unspecified atom stereocenters. The molecule has 0 aliphatic rings. The highest BCUT2D eigenvalue weighted by Gasteiger charge is 2.33. The predicted octanol–water partition coefficient (Wildman–Crippen LogP) is 17.5. The third-order valence-corrected chi connectivity index (χ3v) is 15.9. The number of fused-ring (bicyclic) bond motifs is 16. The maximum Gasteiger partial charge on any atom is 0.220 e. The summed E-state index contributed by atoms with van der Waals surface area (Å²) in [7, 11) is 0. The first-order valence-electron chi connectivity index (χ1n) is 21.9. The van der Waals surface area contributed by atoms with Crippen molar-refractivity contribution in [1.29, 1.82) is 5.26 Å². The van der Waals surface area contributed by atoms with Crippen LogP contribution in [0, 0.1) is 17.9 Å². The summed E-state index contributed by atoms with van der Waals surface area (Å²) >= 11 is 3.61. The van der Waals surface area contributed by atoms with Gasteiger partial charge in [-0.05, 0) is 34.7 Å². The first kappa shape index (κ1) is 36.9. The van der Waals surface area contributed by atoms with Crippen molar-refractivity contribution >= 4 is 123 Å². The molecule has 14 rings (SSSR count). The van der Waals surface area contributed by atoms with Gasteiger partial charge in [0.15, 0.2) is 0 Å². The van der Waals surface area contributed by atoms with E-state index in [0.29, 0.717) is 16.8 Å². The zero-order valence-electron chi connectivity index (χ0n) is 35.1. The predicted molar refractivity (Wildman–Crippen MR) is 280 cm³/mol. The van der Waals surface area contributed by atoms with Crippen LogP contribution >= 0.6 is 22.7 Å². The fourth-order valence-electron chi connectivity index (χ4n) is 10.9. The van der Waals surface area contributed by atoms with Crippen molar-refractivity contribution in [3.05, 3.63) is 211 Å². The number of hydrogen-bond donors (Lipinski definition) is 0. The molecule has 0 bridgehead atoms. The fourth-order valence-corrected chi connectivity index (χ4v) is 13.3. The number of aromatic nitrogens is 2. The van der Waals surface area contributed by atoms with E-state index in [1.165, 1.54) is 30.9 Å². The third kappa shape index (κ3) is 4.95. The zero-order chi connectivity index (χ0) is 43.6. The standard InChI is InChI=1S/C60H32N4S2/c1-62-53-51(36-17-4-2-5-18-36)47(34-61)55(63-48-25-13-10-22-39(48)42-29-28-35-16-8-9-21-38(35)54(42)63)52(37-19-6-3-7-20-37)58(53)64-56-43(30-32-45-40-23-11-14-26-49(40)65-59(45)56)44-31-33-46-41-24-12-15-27-50(41)66-60(46)57(44)64/h2-33H. The van der Waals surface area contributed by atoms with Crippen LogP contribution in [0.5, 0.6) is 0 Å². The van der Waals surface area contributed by atoms with Crippen molar-refractivity contribution < 1.29 is 0 Å². The molecule has 0 amide bonds. The van der Waals surface area contributed by atoms with Crippen LogP contribution in [-0.4, -0.2) is 9.13 Å². The van der Waals surface area contributed by atoms with Crippen LogP contribution in [0.25, 0.3) is 133 Å². The number of benzene rings is 10. The molecular weight excluding hydrogens is 841 g/mol. The van der Waals surface area contributed by atoms with Crippen molar-refractivity contribution in [1.82, 2.24) is 9.13 Å².